The third kappa shape index (κ3) is 3.49. The van der Waals surface area contributed by atoms with E-state index in [1.54, 1.807) is 0 Å². The Morgan fingerprint density at radius 2 is 1.77 bits per heavy atom. The minimum absolute atomic E-state index is 0.142. The lowest BCUT2D eigenvalue weighted by Crippen LogP contribution is -2.41. The van der Waals surface area contributed by atoms with Crippen LogP contribution in [0.25, 0.3) is 0 Å². The Bertz CT molecular complexity index is 503. The van der Waals surface area contributed by atoms with Crippen LogP contribution in [0.5, 0.6) is 17.2 Å². The molecule has 0 radical (unpaired) electrons. The first-order chi connectivity index (χ1) is 10.6. The highest BCUT2D eigenvalue weighted by Crippen LogP contribution is 2.46. The standard InChI is InChI=1S/C18H29NO3/c1-6-18(5)12-14(19-7-2)13-10-16(20-8-3)17(21-9-4)11-15(13)22-18/h10-11,14,19H,6-9,12H2,1-5H3. The zero-order chi connectivity index (χ0) is 16.2. The van der Waals surface area contributed by atoms with Crippen molar-refractivity contribution in [3.05, 3.63) is 17.7 Å². The first-order valence-corrected chi connectivity index (χ1v) is 8.42. The van der Waals surface area contributed by atoms with Crippen LogP contribution in [0.4, 0.5) is 0 Å². The Balaban J connectivity index is 2.45. The van der Waals surface area contributed by atoms with Crippen LogP contribution >= 0.6 is 0 Å². The van der Waals surface area contributed by atoms with Crippen molar-refractivity contribution in [1.29, 1.82) is 0 Å². The van der Waals surface area contributed by atoms with Gasteiger partial charge in [-0.25, -0.2) is 0 Å². The molecule has 1 aliphatic rings. The molecule has 0 fully saturated rings. The molecule has 1 aromatic carbocycles. The van der Waals surface area contributed by atoms with Crippen LogP contribution in [-0.2, 0) is 0 Å². The number of rotatable bonds is 7. The van der Waals surface area contributed by atoms with E-state index in [1.165, 1.54) is 5.56 Å². The molecule has 2 rings (SSSR count). The number of hydrogen-bond donors (Lipinski definition) is 1. The summed E-state index contributed by atoms with van der Waals surface area (Å²) in [6.45, 7) is 12.6. The highest BCUT2D eigenvalue weighted by Gasteiger charge is 2.36. The van der Waals surface area contributed by atoms with Gasteiger partial charge < -0.3 is 19.5 Å². The van der Waals surface area contributed by atoms with Gasteiger partial charge in [0.15, 0.2) is 11.5 Å². The third-order valence-corrected chi connectivity index (χ3v) is 4.24. The predicted octanol–water partition coefficient (Wildman–Crippen LogP) is 4.09. The summed E-state index contributed by atoms with van der Waals surface area (Å²) in [4.78, 5) is 0. The van der Waals surface area contributed by atoms with Gasteiger partial charge in [0.1, 0.15) is 11.4 Å². The van der Waals surface area contributed by atoms with Crippen molar-refractivity contribution in [3.63, 3.8) is 0 Å². The summed E-state index contributed by atoms with van der Waals surface area (Å²) in [5.74, 6) is 2.47. The van der Waals surface area contributed by atoms with Crippen molar-refractivity contribution < 1.29 is 14.2 Å². The number of fused-ring (bicyclic) bond motifs is 1. The number of benzene rings is 1. The maximum Gasteiger partial charge on any atom is 0.164 e. The van der Waals surface area contributed by atoms with Crippen molar-refractivity contribution >= 4 is 0 Å². The van der Waals surface area contributed by atoms with Crippen molar-refractivity contribution in [2.24, 2.45) is 0 Å². The molecule has 0 saturated carbocycles. The van der Waals surface area contributed by atoms with E-state index >= 15 is 0 Å². The average Bonchev–Trinajstić information content (AvgIpc) is 2.49. The second kappa shape index (κ2) is 7.23. The molecule has 4 heteroatoms. The summed E-state index contributed by atoms with van der Waals surface area (Å²) in [7, 11) is 0. The molecule has 1 heterocycles. The summed E-state index contributed by atoms with van der Waals surface area (Å²) in [6.07, 6.45) is 1.94. The first-order valence-electron chi connectivity index (χ1n) is 8.42. The molecule has 0 aromatic heterocycles. The summed E-state index contributed by atoms with van der Waals surface area (Å²) in [5, 5.41) is 3.57. The van der Waals surface area contributed by atoms with Crippen LogP contribution in [0, 0.1) is 0 Å². The number of nitrogens with one attached hydrogen (secondary N) is 1. The van der Waals surface area contributed by atoms with E-state index in [9.17, 15) is 0 Å². The fourth-order valence-electron chi connectivity index (χ4n) is 2.95. The Labute approximate surface area is 134 Å². The van der Waals surface area contributed by atoms with Gasteiger partial charge in [-0.15, -0.1) is 0 Å². The average molecular weight is 307 g/mol. The molecule has 0 bridgehead atoms. The molecule has 1 aliphatic heterocycles. The van der Waals surface area contributed by atoms with Gasteiger partial charge in [0.05, 0.1) is 13.2 Å². The lowest BCUT2D eigenvalue weighted by Gasteiger charge is -2.40. The van der Waals surface area contributed by atoms with Crippen molar-refractivity contribution in [1.82, 2.24) is 5.32 Å². The molecule has 0 spiro atoms. The SMILES string of the molecule is CCNC1CC(C)(CC)Oc2cc(OCC)c(OCC)cc21. The van der Waals surface area contributed by atoms with Crippen LogP contribution < -0.4 is 19.5 Å². The lowest BCUT2D eigenvalue weighted by atomic mass is 9.86. The second-order valence-electron chi connectivity index (χ2n) is 5.92. The van der Waals surface area contributed by atoms with E-state index < -0.39 is 0 Å². The van der Waals surface area contributed by atoms with Crippen LogP contribution in [0.15, 0.2) is 12.1 Å². The number of hydrogen-bond acceptors (Lipinski definition) is 4. The highest BCUT2D eigenvalue weighted by molar-refractivity contribution is 5.53. The summed E-state index contributed by atoms with van der Waals surface area (Å²) >= 11 is 0. The molecule has 0 amide bonds. The monoisotopic (exact) mass is 307 g/mol. The molecule has 1 aromatic rings. The molecule has 4 nitrogen and oxygen atoms in total. The second-order valence-corrected chi connectivity index (χ2v) is 5.92. The van der Waals surface area contributed by atoms with Gasteiger partial charge in [-0.1, -0.05) is 13.8 Å². The summed E-state index contributed by atoms with van der Waals surface area (Å²) in [6, 6.07) is 4.35. The smallest absolute Gasteiger partial charge is 0.164 e. The van der Waals surface area contributed by atoms with E-state index in [4.69, 9.17) is 14.2 Å². The van der Waals surface area contributed by atoms with E-state index in [2.05, 4.69) is 32.2 Å². The maximum atomic E-state index is 6.29. The van der Waals surface area contributed by atoms with Gasteiger partial charge in [-0.3, -0.25) is 0 Å². The van der Waals surface area contributed by atoms with E-state index in [1.807, 2.05) is 19.9 Å². The minimum atomic E-state index is -0.142. The van der Waals surface area contributed by atoms with Crippen LogP contribution in [0.2, 0.25) is 0 Å². The Kier molecular flexibility index (Phi) is 5.57. The first kappa shape index (κ1) is 16.9. The zero-order valence-corrected chi connectivity index (χ0v) is 14.5. The van der Waals surface area contributed by atoms with Crippen LogP contribution in [0.3, 0.4) is 0 Å². The van der Waals surface area contributed by atoms with Crippen LogP contribution in [-0.4, -0.2) is 25.4 Å². The topological polar surface area (TPSA) is 39.7 Å². The molecular weight excluding hydrogens is 278 g/mol. The normalized spacial score (nSPS) is 23.6. The van der Waals surface area contributed by atoms with Gasteiger partial charge in [0.2, 0.25) is 0 Å². The molecule has 2 unspecified atom stereocenters. The van der Waals surface area contributed by atoms with Gasteiger partial charge in [0, 0.05) is 24.1 Å². The Hall–Kier alpha value is -1.42. The van der Waals surface area contributed by atoms with Crippen molar-refractivity contribution in [2.45, 2.75) is 59.1 Å². The fourth-order valence-corrected chi connectivity index (χ4v) is 2.95. The van der Waals surface area contributed by atoms with Gasteiger partial charge in [-0.2, -0.15) is 0 Å². The lowest BCUT2D eigenvalue weighted by molar-refractivity contribution is 0.0439. The molecular formula is C18H29NO3. The number of ether oxygens (including phenoxy) is 3. The fraction of sp³-hybridized carbons (Fsp3) is 0.667. The summed E-state index contributed by atoms with van der Waals surface area (Å²) in [5.41, 5.74) is 1.02. The quantitative estimate of drug-likeness (QED) is 0.823. The third-order valence-electron chi connectivity index (χ3n) is 4.24. The molecule has 0 aliphatic carbocycles. The maximum absolute atomic E-state index is 6.29. The Morgan fingerprint density at radius 1 is 1.14 bits per heavy atom. The molecule has 22 heavy (non-hydrogen) atoms. The van der Waals surface area contributed by atoms with Crippen molar-refractivity contribution in [3.8, 4) is 17.2 Å². The largest absolute Gasteiger partial charge is 0.490 e. The summed E-state index contributed by atoms with van der Waals surface area (Å²) < 4.78 is 17.8. The molecule has 124 valence electrons. The molecule has 1 N–H and O–H groups in total. The van der Waals surface area contributed by atoms with E-state index in [0.29, 0.717) is 13.2 Å². The highest BCUT2D eigenvalue weighted by atomic mass is 16.5. The predicted molar refractivity (Wildman–Crippen MR) is 89.1 cm³/mol. The van der Waals surface area contributed by atoms with Crippen molar-refractivity contribution in [2.75, 3.05) is 19.8 Å². The van der Waals surface area contributed by atoms with E-state index in [-0.39, 0.29) is 11.6 Å². The zero-order valence-electron chi connectivity index (χ0n) is 14.5. The Morgan fingerprint density at radius 3 is 2.32 bits per heavy atom. The van der Waals surface area contributed by atoms with Gasteiger partial charge in [-0.05, 0) is 39.8 Å². The van der Waals surface area contributed by atoms with E-state index in [0.717, 1.165) is 36.6 Å². The van der Waals surface area contributed by atoms with Gasteiger partial charge in [0.25, 0.3) is 0 Å². The molecule has 2 atom stereocenters. The minimum Gasteiger partial charge on any atom is -0.490 e. The van der Waals surface area contributed by atoms with Crippen LogP contribution in [0.1, 0.15) is 59.1 Å². The van der Waals surface area contributed by atoms with Gasteiger partial charge >= 0.3 is 0 Å². The molecule has 0 saturated heterocycles.